The minimum Gasteiger partial charge on any atom is -0.468 e. The van der Waals surface area contributed by atoms with E-state index >= 15 is 0 Å². The fraction of sp³-hybridized carbons (Fsp3) is 0.500. The van der Waals surface area contributed by atoms with Crippen LogP contribution in [-0.2, 0) is 9.53 Å². The summed E-state index contributed by atoms with van der Waals surface area (Å²) in [6.45, 7) is 6.22. The van der Waals surface area contributed by atoms with Gasteiger partial charge in [0.2, 0.25) is 0 Å². The number of nitrogens with zero attached hydrogens (tertiary/aromatic N) is 2. The summed E-state index contributed by atoms with van der Waals surface area (Å²) in [5, 5.41) is 0. The summed E-state index contributed by atoms with van der Waals surface area (Å²) in [7, 11) is 1.39. The van der Waals surface area contributed by atoms with Crippen molar-refractivity contribution in [3.8, 4) is 0 Å². The lowest BCUT2D eigenvalue weighted by molar-refractivity contribution is -0.139. The van der Waals surface area contributed by atoms with Crippen LogP contribution in [0.1, 0.15) is 19.4 Å². The van der Waals surface area contributed by atoms with Gasteiger partial charge in [-0.2, -0.15) is 0 Å². The van der Waals surface area contributed by atoms with E-state index in [0.717, 1.165) is 15.9 Å². The summed E-state index contributed by atoms with van der Waals surface area (Å²) in [5.74, 6) is 0.552. The van der Waals surface area contributed by atoms with Crippen LogP contribution in [0.3, 0.4) is 0 Å². The average Bonchev–Trinajstić information content (AvgIpc) is 2.26. The van der Waals surface area contributed by atoms with Crippen LogP contribution >= 0.6 is 15.9 Å². The molecular formula is C12H17BrN2O2. The third kappa shape index (κ3) is 3.70. The molecule has 0 amide bonds. The second-order valence-electron chi connectivity index (χ2n) is 4.09. The number of hydrogen-bond acceptors (Lipinski definition) is 4. The lowest BCUT2D eigenvalue weighted by Gasteiger charge is -2.27. The van der Waals surface area contributed by atoms with Crippen molar-refractivity contribution in [1.82, 2.24) is 4.98 Å². The first-order valence-electron chi connectivity index (χ1n) is 5.41. The molecule has 0 unspecified atom stereocenters. The third-order valence-corrected chi connectivity index (χ3v) is 2.87. The number of anilines is 1. The molecule has 0 radical (unpaired) electrons. The molecule has 0 atom stereocenters. The van der Waals surface area contributed by atoms with Crippen LogP contribution in [0.2, 0.25) is 0 Å². The molecule has 0 aliphatic carbocycles. The highest BCUT2D eigenvalue weighted by Crippen LogP contribution is 2.22. The van der Waals surface area contributed by atoms with E-state index in [1.165, 1.54) is 7.11 Å². The van der Waals surface area contributed by atoms with Gasteiger partial charge < -0.3 is 9.64 Å². The molecule has 1 rings (SSSR count). The van der Waals surface area contributed by atoms with Gasteiger partial charge in [-0.15, -0.1) is 0 Å². The highest BCUT2D eigenvalue weighted by atomic mass is 79.9. The van der Waals surface area contributed by atoms with Crippen molar-refractivity contribution in [2.75, 3.05) is 18.6 Å². The molecule has 1 heterocycles. The van der Waals surface area contributed by atoms with Crippen molar-refractivity contribution >= 4 is 27.7 Å². The van der Waals surface area contributed by atoms with Crippen molar-refractivity contribution in [2.24, 2.45) is 0 Å². The molecule has 0 spiro atoms. The fourth-order valence-electron chi connectivity index (χ4n) is 1.54. The maximum Gasteiger partial charge on any atom is 0.325 e. The van der Waals surface area contributed by atoms with Gasteiger partial charge in [-0.05, 0) is 48.3 Å². The Labute approximate surface area is 110 Å². The molecule has 0 N–H and O–H groups in total. The highest BCUT2D eigenvalue weighted by molar-refractivity contribution is 9.10. The molecule has 1 aromatic rings. The number of rotatable bonds is 4. The Morgan fingerprint density at radius 2 is 2.24 bits per heavy atom. The number of aryl methyl sites for hydroxylation is 1. The van der Waals surface area contributed by atoms with E-state index in [9.17, 15) is 4.79 Å². The van der Waals surface area contributed by atoms with E-state index in [-0.39, 0.29) is 18.6 Å². The van der Waals surface area contributed by atoms with E-state index in [1.807, 2.05) is 31.7 Å². The molecule has 4 nitrogen and oxygen atoms in total. The predicted octanol–water partition coefficient (Wildman–Crippen LogP) is 2.54. The number of carbonyl (C=O) groups is 1. The van der Waals surface area contributed by atoms with Crippen LogP contribution in [-0.4, -0.2) is 30.6 Å². The summed E-state index contributed by atoms with van der Waals surface area (Å²) in [6, 6.07) is 2.16. The number of ether oxygens (including phenoxy) is 1. The number of methoxy groups -OCH3 is 1. The summed E-state index contributed by atoms with van der Waals surface area (Å²) in [5.41, 5.74) is 1.02. The Morgan fingerprint density at radius 3 is 2.71 bits per heavy atom. The van der Waals surface area contributed by atoms with E-state index in [4.69, 9.17) is 4.74 Å². The van der Waals surface area contributed by atoms with E-state index < -0.39 is 0 Å². The maximum atomic E-state index is 11.4. The number of hydrogen-bond donors (Lipinski definition) is 0. The fourth-order valence-corrected chi connectivity index (χ4v) is 1.99. The standard InChI is InChI=1S/C12H17BrN2O2/c1-8(2)15(7-11(16)17-4)12-9(3)5-10(13)6-14-12/h5-6,8H,7H2,1-4H3. The van der Waals surface area contributed by atoms with Gasteiger partial charge in [0, 0.05) is 16.7 Å². The summed E-state index contributed by atoms with van der Waals surface area (Å²) in [4.78, 5) is 17.7. The van der Waals surface area contributed by atoms with Crippen LogP contribution < -0.4 is 4.90 Å². The van der Waals surface area contributed by atoms with E-state index in [1.54, 1.807) is 6.20 Å². The second-order valence-corrected chi connectivity index (χ2v) is 5.01. The van der Waals surface area contributed by atoms with Crippen LogP contribution in [0, 0.1) is 6.92 Å². The minimum absolute atomic E-state index is 0.182. The lowest BCUT2D eigenvalue weighted by Crippen LogP contribution is -2.37. The topological polar surface area (TPSA) is 42.4 Å². The Balaban J connectivity index is 3.01. The van der Waals surface area contributed by atoms with Crippen LogP contribution in [0.5, 0.6) is 0 Å². The average molecular weight is 301 g/mol. The summed E-state index contributed by atoms with van der Waals surface area (Å²) in [6.07, 6.45) is 1.73. The minimum atomic E-state index is -0.261. The van der Waals surface area contributed by atoms with Gasteiger partial charge in [0.1, 0.15) is 12.4 Å². The Hall–Kier alpha value is -1.10. The maximum absolute atomic E-state index is 11.4. The Bertz CT molecular complexity index is 407. The zero-order valence-electron chi connectivity index (χ0n) is 10.5. The van der Waals surface area contributed by atoms with Gasteiger partial charge >= 0.3 is 5.97 Å². The predicted molar refractivity (Wildman–Crippen MR) is 71.2 cm³/mol. The molecule has 0 saturated carbocycles. The number of aromatic nitrogens is 1. The van der Waals surface area contributed by atoms with Crippen LogP contribution in [0.25, 0.3) is 0 Å². The molecule has 17 heavy (non-hydrogen) atoms. The first kappa shape index (κ1) is 14.0. The highest BCUT2D eigenvalue weighted by Gasteiger charge is 2.18. The molecule has 0 saturated heterocycles. The molecule has 5 heteroatoms. The largest absolute Gasteiger partial charge is 0.468 e. The van der Waals surface area contributed by atoms with E-state index in [2.05, 4.69) is 20.9 Å². The molecule has 0 aromatic carbocycles. The first-order valence-corrected chi connectivity index (χ1v) is 6.20. The van der Waals surface area contributed by atoms with Crippen molar-refractivity contribution in [3.05, 3.63) is 22.3 Å². The quantitative estimate of drug-likeness (QED) is 0.802. The van der Waals surface area contributed by atoms with Crippen molar-refractivity contribution in [3.63, 3.8) is 0 Å². The molecule has 0 aliphatic rings. The van der Waals surface area contributed by atoms with Crippen molar-refractivity contribution in [2.45, 2.75) is 26.8 Å². The summed E-state index contributed by atoms with van der Waals surface area (Å²) < 4.78 is 5.63. The first-order chi connectivity index (χ1) is 7.95. The number of pyridine rings is 1. The zero-order chi connectivity index (χ0) is 13.0. The zero-order valence-corrected chi connectivity index (χ0v) is 12.1. The molecule has 0 bridgehead atoms. The van der Waals surface area contributed by atoms with Gasteiger partial charge in [-0.1, -0.05) is 0 Å². The Kier molecular flexibility index (Phi) is 4.93. The molecule has 0 aliphatic heterocycles. The lowest BCUT2D eigenvalue weighted by atomic mass is 10.2. The SMILES string of the molecule is COC(=O)CN(c1ncc(Br)cc1C)C(C)C. The Morgan fingerprint density at radius 1 is 1.59 bits per heavy atom. The third-order valence-electron chi connectivity index (χ3n) is 2.44. The molecule has 1 aromatic heterocycles. The normalized spacial score (nSPS) is 10.5. The van der Waals surface area contributed by atoms with Crippen LogP contribution in [0.4, 0.5) is 5.82 Å². The second kappa shape index (κ2) is 6.00. The van der Waals surface area contributed by atoms with Gasteiger partial charge in [0.05, 0.1) is 7.11 Å². The number of halogens is 1. The van der Waals surface area contributed by atoms with Gasteiger partial charge in [-0.3, -0.25) is 4.79 Å². The number of carbonyl (C=O) groups excluding carboxylic acids is 1. The van der Waals surface area contributed by atoms with Crippen molar-refractivity contribution < 1.29 is 9.53 Å². The van der Waals surface area contributed by atoms with Crippen LogP contribution in [0.15, 0.2) is 16.7 Å². The van der Waals surface area contributed by atoms with E-state index in [0.29, 0.717) is 0 Å². The van der Waals surface area contributed by atoms with Gasteiger partial charge in [0.25, 0.3) is 0 Å². The number of esters is 1. The van der Waals surface area contributed by atoms with Crippen molar-refractivity contribution in [1.29, 1.82) is 0 Å². The molecular weight excluding hydrogens is 284 g/mol. The molecule has 0 fully saturated rings. The van der Waals surface area contributed by atoms with Gasteiger partial charge in [-0.25, -0.2) is 4.98 Å². The summed E-state index contributed by atoms with van der Waals surface area (Å²) >= 11 is 3.37. The monoisotopic (exact) mass is 300 g/mol. The smallest absolute Gasteiger partial charge is 0.325 e. The van der Waals surface area contributed by atoms with Gasteiger partial charge in [0.15, 0.2) is 0 Å². The molecule has 94 valence electrons.